The lowest BCUT2D eigenvalue weighted by molar-refractivity contribution is -0.167. The lowest BCUT2D eigenvalue weighted by Gasteiger charge is -2.52. The molecule has 196 valence electrons. The third kappa shape index (κ3) is 4.93. The second-order valence-corrected chi connectivity index (χ2v) is 10.7. The van der Waals surface area contributed by atoms with Gasteiger partial charge in [-0.3, -0.25) is 14.6 Å². The number of aromatic nitrogens is 1. The molecular weight excluding hydrogens is 471 g/mol. The van der Waals surface area contributed by atoms with Crippen LogP contribution in [0.1, 0.15) is 64.5 Å². The summed E-state index contributed by atoms with van der Waals surface area (Å²) in [7, 11) is 0. The molecule has 2 aromatic rings. The molecule has 0 unspecified atom stereocenters. The van der Waals surface area contributed by atoms with Crippen molar-refractivity contribution in [3.05, 3.63) is 60.2 Å². The summed E-state index contributed by atoms with van der Waals surface area (Å²) in [6, 6.07) is 10.3. The van der Waals surface area contributed by atoms with Crippen molar-refractivity contribution in [2.75, 3.05) is 0 Å². The van der Waals surface area contributed by atoms with E-state index < -0.39 is 11.6 Å². The Kier molecular flexibility index (Phi) is 7.43. The van der Waals surface area contributed by atoms with Gasteiger partial charge in [-0.05, 0) is 67.9 Å². The normalized spacial score (nSPS) is 31.0. The Balaban J connectivity index is 1.46. The minimum atomic E-state index is -0.822. The van der Waals surface area contributed by atoms with Crippen LogP contribution in [0.3, 0.4) is 0 Å². The Morgan fingerprint density at radius 1 is 1.24 bits per heavy atom. The quantitative estimate of drug-likeness (QED) is 0.374. The molecule has 0 radical (unpaired) electrons. The minimum absolute atomic E-state index is 0.0721. The zero-order chi connectivity index (χ0) is 26.0. The van der Waals surface area contributed by atoms with Gasteiger partial charge in [-0.15, -0.1) is 5.48 Å². The third-order valence-corrected chi connectivity index (χ3v) is 8.56. The molecule has 1 aromatic heterocycles. The van der Waals surface area contributed by atoms with Gasteiger partial charge in [-0.25, -0.2) is 4.39 Å². The molecule has 1 saturated heterocycles. The molecule has 7 heteroatoms. The van der Waals surface area contributed by atoms with Gasteiger partial charge in [-0.1, -0.05) is 50.5 Å². The molecule has 1 aliphatic heterocycles. The highest BCUT2D eigenvalue weighted by atomic mass is 19.1. The third-order valence-electron chi connectivity index (χ3n) is 8.56. The van der Waals surface area contributed by atoms with Gasteiger partial charge in [-0.2, -0.15) is 0 Å². The zero-order valence-electron chi connectivity index (χ0n) is 21.5. The fourth-order valence-corrected chi connectivity index (χ4v) is 6.76. The van der Waals surface area contributed by atoms with Gasteiger partial charge in [0.15, 0.2) is 0 Å². The van der Waals surface area contributed by atoms with Crippen LogP contribution in [-0.2, 0) is 19.2 Å². The second-order valence-electron chi connectivity index (χ2n) is 10.7. The van der Waals surface area contributed by atoms with E-state index in [1.54, 1.807) is 12.3 Å². The maximum atomic E-state index is 13.6. The van der Waals surface area contributed by atoms with Crippen LogP contribution >= 0.6 is 0 Å². The number of pyridine rings is 1. The summed E-state index contributed by atoms with van der Waals surface area (Å²) in [5.41, 5.74) is 4.67. The first-order valence-corrected chi connectivity index (χ1v) is 13.5. The molecule has 5 rings (SSSR count). The standard InChI is InChI=1S/C30H35FN2O4/c1-3-7-28(34)37-33-30-19(2)36-29(35)27(30)17-21-8-4-5-11-25(21)26(30)15-14-24-13-12-22(18-32-24)20-9-6-10-23(31)16-20/h6,9-10,12-16,18-19,21,25-27,33H,3-5,7-8,11,17H2,1-2H3/b15-14+/t19-,21-,25-,26+,27+,30+/m1/s1. The van der Waals surface area contributed by atoms with E-state index in [1.165, 1.54) is 18.6 Å². The first kappa shape index (κ1) is 25.6. The van der Waals surface area contributed by atoms with Crippen molar-refractivity contribution in [1.82, 2.24) is 10.5 Å². The number of nitrogens with zero attached hydrogens (tertiary/aromatic N) is 1. The van der Waals surface area contributed by atoms with E-state index in [4.69, 9.17) is 9.57 Å². The lowest BCUT2D eigenvalue weighted by Crippen LogP contribution is -2.65. The van der Waals surface area contributed by atoms with Crippen molar-refractivity contribution in [2.45, 2.75) is 70.4 Å². The van der Waals surface area contributed by atoms with E-state index in [-0.39, 0.29) is 29.6 Å². The summed E-state index contributed by atoms with van der Waals surface area (Å²) in [6.07, 6.45) is 11.6. The monoisotopic (exact) mass is 506 g/mol. The number of esters is 1. The van der Waals surface area contributed by atoms with Crippen LogP contribution in [0.2, 0.25) is 0 Å². The molecular formula is C30H35FN2O4. The molecule has 2 aliphatic carbocycles. The second kappa shape index (κ2) is 10.7. The number of rotatable bonds is 7. The predicted octanol–water partition coefficient (Wildman–Crippen LogP) is 5.88. The van der Waals surface area contributed by atoms with Crippen LogP contribution in [-0.4, -0.2) is 28.6 Å². The highest BCUT2D eigenvalue weighted by Crippen LogP contribution is 2.55. The number of carbonyl (C=O) groups excluding carboxylic acids is 2. The number of carbonyl (C=O) groups is 2. The van der Waals surface area contributed by atoms with Crippen LogP contribution in [0.15, 0.2) is 48.7 Å². The van der Waals surface area contributed by atoms with Crippen molar-refractivity contribution in [3.8, 4) is 11.1 Å². The SMILES string of the molecule is CCCC(=O)ON[C@]12[C@@H](C)OC(=O)[C@@H]1C[C@H]1CCCC[C@H]1[C@@H]2/C=C/c1ccc(-c2cccc(F)c2)cn1. The fourth-order valence-electron chi connectivity index (χ4n) is 6.76. The molecule has 3 fully saturated rings. The molecule has 2 heterocycles. The number of fused-ring (bicyclic) bond motifs is 2. The zero-order valence-corrected chi connectivity index (χ0v) is 21.5. The van der Waals surface area contributed by atoms with Crippen molar-refractivity contribution in [2.24, 2.45) is 23.7 Å². The van der Waals surface area contributed by atoms with Crippen molar-refractivity contribution in [3.63, 3.8) is 0 Å². The topological polar surface area (TPSA) is 77.5 Å². The van der Waals surface area contributed by atoms with Crippen molar-refractivity contribution < 1.29 is 23.6 Å². The number of ether oxygens (including phenoxy) is 1. The number of hydrogen-bond acceptors (Lipinski definition) is 6. The molecule has 3 aliphatic rings. The molecule has 2 saturated carbocycles. The van der Waals surface area contributed by atoms with E-state index in [9.17, 15) is 14.0 Å². The molecule has 0 bridgehead atoms. The number of hydrogen-bond donors (Lipinski definition) is 1. The number of nitrogens with one attached hydrogen (secondary N) is 1. The first-order valence-electron chi connectivity index (χ1n) is 13.5. The summed E-state index contributed by atoms with van der Waals surface area (Å²) >= 11 is 0. The fraction of sp³-hybridized carbons (Fsp3) is 0.500. The van der Waals surface area contributed by atoms with Gasteiger partial charge in [0.2, 0.25) is 0 Å². The largest absolute Gasteiger partial charge is 0.460 e. The maximum absolute atomic E-state index is 13.6. The van der Waals surface area contributed by atoms with Gasteiger partial charge in [0.25, 0.3) is 0 Å². The van der Waals surface area contributed by atoms with Crippen LogP contribution in [0.25, 0.3) is 17.2 Å². The Bertz CT molecular complexity index is 1170. The number of hydroxylamine groups is 1. The van der Waals surface area contributed by atoms with Crippen LogP contribution in [0.5, 0.6) is 0 Å². The maximum Gasteiger partial charge on any atom is 0.324 e. The van der Waals surface area contributed by atoms with Gasteiger partial charge < -0.3 is 9.57 Å². The molecule has 37 heavy (non-hydrogen) atoms. The van der Waals surface area contributed by atoms with E-state index >= 15 is 0 Å². The molecule has 1 aromatic carbocycles. The summed E-state index contributed by atoms with van der Waals surface area (Å²) in [5, 5.41) is 0. The average molecular weight is 507 g/mol. The summed E-state index contributed by atoms with van der Waals surface area (Å²) in [5.74, 6) is -0.503. The van der Waals surface area contributed by atoms with E-state index in [1.807, 2.05) is 38.1 Å². The molecule has 0 spiro atoms. The lowest BCUT2D eigenvalue weighted by atomic mass is 9.54. The number of cyclic esters (lactones) is 1. The molecule has 1 N–H and O–H groups in total. The summed E-state index contributed by atoms with van der Waals surface area (Å²) in [6.45, 7) is 3.83. The minimum Gasteiger partial charge on any atom is -0.460 e. The van der Waals surface area contributed by atoms with Crippen molar-refractivity contribution in [1.29, 1.82) is 0 Å². The summed E-state index contributed by atoms with van der Waals surface area (Å²) in [4.78, 5) is 35.5. The highest BCUT2D eigenvalue weighted by Gasteiger charge is 2.65. The van der Waals surface area contributed by atoms with Gasteiger partial charge >= 0.3 is 11.9 Å². The molecule has 6 atom stereocenters. The van der Waals surface area contributed by atoms with Gasteiger partial charge in [0.1, 0.15) is 17.5 Å². The van der Waals surface area contributed by atoms with E-state index in [2.05, 4.69) is 16.5 Å². The first-order chi connectivity index (χ1) is 17.9. The number of benzene rings is 1. The van der Waals surface area contributed by atoms with Gasteiger partial charge in [0, 0.05) is 24.1 Å². The van der Waals surface area contributed by atoms with Gasteiger partial charge in [0.05, 0.1) is 11.6 Å². The predicted molar refractivity (Wildman–Crippen MR) is 138 cm³/mol. The molecule has 0 amide bonds. The number of halogens is 1. The van der Waals surface area contributed by atoms with E-state index in [0.29, 0.717) is 24.7 Å². The molecule has 6 nitrogen and oxygen atoms in total. The highest BCUT2D eigenvalue weighted by molar-refractivity contribution is 5.78. The Hall–Kier alpha value is -3.06. The average Bonchev–Trinajstić information content (AvgIpc) is 3.15. The Morgan fingerprint density at radius 3 is 2.84 bits per heavy atom. The summed E-state index contributed by atoms with van der Waals surface area (Å²) < 4.78 is 19.4. The Morgan fingerprint density at radius 2 is 2.08 bits per heavy atom. The van der Waals surface area contributed by atoms with Crippen LogP contribution in [0.4, 0.5) is 4.39 Å². The Labute approximate surface area is 217 Å². The van der Waals surface area contributed by atoms with Crippen molar-refractivity contribution >= 4 is 18.0 Å². The smallest absolute Gasteiger partial charge is 0.324 e. The van der Waals surface area contributed by atoms with E-state index in [0.717, 1.165) is 42.5 Å². The van der Waals surface area contributed by atoms with Crippen LogP contribution < -0.4 is 5.48 Å². The van der Waals surface area contributed by atoms with Crippen LogP contribution in [0, 0.1) is 29.5 Å².